The Labute approximate surface area is 188 Å². The minimum atomic E-state index is 0.184. The van der Waals surface area contributed by atoms with Crippen molar-refractivity contribution in [1.82, 2.24) is 14.9 Å². The second-order valence-corrected chi connectivity index (χ2v) is 8.39. The van der Waals surface area contributed by atoms with E-state index in [0.717, 1.165) is 65.1 Å². The molecule has 0 spiro atoms. The van der Waals surface area contributed by atoms with Crippen LogP contribution >= 0.6 is 0 Å². The lowest BCUT2D eigenvalue weighted by Crippen LogP contribution is -2.40. The number of carbonyl (C=O) groups is 1. The fourth-order valence-corrected chi connectivity index (χ4v) is 4.62. The van der Waals surface area contributed by atoms with Gasteiger partial charge in [0.2, 0.25) is 5.91 Å². The number of rotatable bonds is 5. The topological polar surface area (TPSA) is 58.2 Å². The van der Waals surface area contributed by atoms with Gasteiger partial charge in [-0.3, -0.25) is 9.78 Å². The van der Waals surface area contributed by atoms with Crippen LogP contribution in [0.15, 0.2) is 72.9 Å². The van der Waals surface area contributed by atoms with Gasteiger partial charge in [-0.2, -0.15) is 0 Å². The summed E-state index contributed by atoms with van der Waals surface area (Å²) in [6.07, 6.45) is 4.43. The van der Waals surface area contributed by atoms with E-state index in [2.05, 4.69) is 23.2 Å². The van der Waals surface area contributed by atoms with Crippen LogP contribution in [0.25, 0.3) is 22.2 Å². The summed E-state index contributed by atoms with van der Waals surface area (Å²) in [7, 11) is 1.67. The Balaban J connectivity index is 1.32. The number of piperidine rings is 1. The molecule has 3 heterocycles. The zero-order chi connectivity index (χ0) is 21.9. The van der Waals surface area contributed by atoms with E-state index in [0.29, 0.717) is 6.42 Å². The smallest absolute Gasteiger partial charge is 0.227 e. The molecule has 0 radical (unpaired) electrons. The third-order valence-corrected chi connectivity index (χ3v) is 6.35. The van der Waals surface area contributed by atoms with Gasteiger partial charge in [0, 0.05) is 47.4 Å². The number of ether oxygens (including phenoxy) is 1. The van der Waals surface area contributed by atoms with Crippen molar-refractivity contribution < 1.29 is 9.53 Å². The van der Waals surface area contributed by atoms with E-state index in [1.807, 2.05) is 59.6 Å². The molecule has 1 aliphatic rings. The summed E-state index contributed by atoms with van der Waals surface area (Å²) in [5, 5.41) is 1.13. The lowest BCUT2D eigenvalue weighted by atomic mass is 9.93. The molecule has 0 bridgehead atoms. The van der Waals surface area contributed by atoms with Crippen molar-refractivity contribution in [2.24, 2.45) is 0 Å². The summed E-state index contributed by atoms with van der Waals surface area (Å²) in [4.78, 5) is 23.4. The minimum absolute atomic E-state index is 0.184. The van der Waals surface area contributed by atoms with Gasteiger partial charge in [0.1, 0.15) is 5.75 Å². The molecule has 162 valence electrons. The fraction of sp³-hybridized carbons (Fsp3) is 0.259. The van der Waals surface area contributed by atoms with Crippen LogP contribution < -0.4 is 4.74 Å². The summed E-state index contributed by atoms with van der Waals surface area (Å²) in [6, 6.07) is 22.3. The van der Waals surface area contributed by atoms with Crippen LogP contribution in [0.4, 0.5) is 0 Å². The number of hydrogen-bond donors (Lipinski definition) is 1. The largest absolute Gasteiger partial charge is 0.497 e. The summed E-state index contributed by atoms with van der Waals surface area (Å²) in [6.45, 7) is 1.53. The standard InChI is InChI=1S/C27H27N3O2/c1-32-22-9-4-7-19(15-22)24-12-5-13-25(29-24)20-8-6-14-30(18-20)27(31)16-21-17-28-26-11-3-2-10-23(21)26/h2-5,7,9-13,15,17,20,28H,6,8,14,16,18H2,1H3/t20-/m0/s1. The van der Waals surface area contributed by atoms with Crippen LogP contribution in [-0.2, 0) is 11.2 Å². The molecule has 1 N–H and O–H groups in total. The predicted molar refractivity (Wildman–Crippen MR) is 127 cm³/mol. The maximum Gasteiger partial charge on any atom is 0.227 e. The normalized spacial score (nSPS) is 16.3. The molecule has 1 fully saturated rings. The molecule has 5 rings (SSSR count). The number of methoxy groups -OCH3 is 1. The maximum atomic E-state index is 13.1. The monoisotopic (exact) mass is 425 g/mol. The summed E-state index contributed by atoms with van der Waals surface area (Å²) in [5.74, 6) is 1.26. The molecule has 4 aromatic rings. The Bertz CT molecular complexity index is 1250. The number of nitrogens with one attached hydrogen (secondary N) is 1. The molecule has 32 heavy (non-hydrogen) atoms. The first-order valence-corrected chi connectivity index (χ1v) is 11.2. The molecule has 2 aromatic carbocycles. The van der Waals surface area contributed by atoms with Crippen molar-refractivity contribution in [3.8, 4) is 17.0 Å². The highest BCUT2D eigenvalue weighted by molar-refractivity contribution is 5.89. The molecule has 5 heteroatoms. The number of H-pyrrole nitrogens is 1. The van der Waals surface area contributed by atoms with Crippen molar-refractivity contribution in [2.45, 2.75) is 25.2 Å². The van der Waals surface area contributed by atoms with Crippen molar-refractivity contribution in [3.05, 3.63) is 84.2 Å². The minimum Gasteiger partial charge on any atom is -0.497 e. The molecule has 1 amide bonds. The van der Waals surface area contributed by atoms with Gasteiger partial charge in [-0.1, -0.05) is 36.4 Å². The van der Waals surface area contributed by atoms with Crippen molar-refractivity contribution in [3.63, 3.8) is 0 Å². The number of carbonyl (C=O) groups excluding carboxylic acids is 1. The van der Waals surface area contributed by atoms with E-state index in [4.69, 9.17) is 9.72 Å². The molecule has 0 aliphatic carbocycles. The number of amides is 1. The van der Waals surface area contributed by atoms with Gasteiger partial charge in [-0.25, -0.2) is 0 Å². The summed E-state index contributed by atoms with van der Waals surface area (Å²) in [5.41, 5.74) is 5.16. The molecule has 1 aliphatic heterocycles. The van der Waals surface area contributed by atoms with E-state index < -0.39 is 0 Å². The number of para-hydroxylation sites is 1. The number of pyridine rings is 1. The van der Waals surface area contributed by atoms with E-state index in [9.17, 15) is 4.79 Å². The van der Waals surface area contributed by atoms with E-state index in [1.165, 1.54) is 0 Å². The van der Waals surface area contributed by atoms with E-state index >= 15 is 0 Å². The van der Waals surface area contributed by atoms with E-state index in [-0.39, 0.29) is 11.8 Å². The van der Waals surface area contributed by atoms with Crippen molar-refractivity contribution >= 4 is 16.8 Å². The average Bonchev–Trinajstić information content (AvgIpc) is 3.27. The lowest BCUT2D eigenvalue weighted by molar-refractivity contribution is -0.131. The number of aromatic amines is 1. The van der Waals surface area contributed by atoms with Crippen LogP contribution in [0, 0.1) is 0 Å². The third kappa shape index (κ3) is 4.11. The molecule has 1 atom stereocenters. The maximum absolute atomic E-state index is 13.1. The highest BCUT2D eigenvalue weighted by Gasteiger charge is 2.26. The predicted octanol–water partition coefficient (Wildman–Crippen LogP) is 5.19. The van der Waals surface area contributed by atoms with Crippen LogP contribution in [-0.4, -0.2) is 41.0 Å². The van der Waals surface area contributed by atoms with E-state index in [1.54, 1.807) is 7.11 Å². The quantitative estimate of drug-likeness (QED) is 0.479. The Morgan fingerprint density at radius 3 is 2.91 bits per heavy atom. The number of likely N-dealkylation sites (tertiary alicyclic amines) is 1. The van der Waals surface area contributed by atoms with Gasteiger partial charge in [0.25, 0.3) is 0 Å². The lowest BCUT2D eigenvalue weighted by Gasteiger charge is -2.32. The fourth-order valence-electron chi connectivity index (χ4n) is 4.62. The highest BCUT2D eigenvalue weighted by Crippen LogP contribution is 2.29. The van der Waals surface area contributed by atoms with Crippen LogP contribution in [0.1, 0.15) is 30.0 Å². The van der Waals surface area contributed by atoms with Gasteiger partial charge in [0.05, 0.1) is 19.2 Å². The van der Waals surface area contributed by atoms with Crippen LogP contribution in [0.5, 0.6) is 5.75 Å². The Hall–Kier alpha value is -3.60. The molecule has 1 saturated heterocycles. The van der Waals surface area contributed by atoms with Crippen molar-refractivity contribution in [1.29, 1.82) is 0 Å². The van der Waals surface area contributed by atoms with Gasteiger partial charge >= 0.3 is 0 Å². The molecular weight excluding hydrogens is 398 g/mol. The first-order valence-electron chi connectivity index (χ1n) is 11.2. The average molecular weight is 426 g/mol. The van der Waals surface area contributed by atoms with Gasteiger partial charge in [-0.15, -0.1) is 0 Å². The molecule has 5 nitrogen and oxygen atoms in total. The second kappa shape index (κ2) is 8.87. The molecule has 0 saturated carbocycles. The number of fused-ring (bicyclic) bond motifs is 1. The summed E-state index contributed by atoms with van der Waals surface area (Å²) < 4.78 is 5.36. The zero-order valence-electron chi connectivity index (χ0n) is 18.3. The summed E-state index contributed by atoms with van der Waals surface area (Å²) >= 11 is 0. The highest BCUT2D eigenvalue weighted by atomic mass is 16.5. The Morgan fingerprint density at radius 2 is 2.00 bits per heavy atom. The Morgan fingerprint density at radius 1 is 1.12 bits per heavy atom. The van der Waals surface area contributed by atoms with Crippen molar-refractivity contribution in [2.75, 3.05) is 20.2 Å². The Kier molecular flexibility index (Phi) is 5.63. The van der Waals surface area contributed by atoms with Gasteiger partial charge in [-0.05, 0) is 48.7 Å². The molecule has 2 aromatic heterocycles. The van der Waals surface area contributed by atoms with Gasteiger partial charge in [0.15, 0.2) is 0 Å². The number of nitrogens with zero attached hydrogens (tertiary/aromatic N) is 2. The van der Waals surface area contributed by atoms with Gasteiger partial charge < -0.3 is 14.6 Å². The van der Waals surface area contributed by atoms with Crippen LogP contribution in [0.3, 0.4) is 0 Å². The number of benzene rings is 2. The zero-order valence-corrected chi connectivity index (χ0v) is 18.3. The number of hydrogen-bond acceptors (Lipinski definition) is 3. The number of aromatic nitrogens is 2. The molecular formula is C27H27N3O2. The molecule has 0 unspecified atom stereocenters. The first kappa shape index (κ1) is 20.3. The third-order valence-electron chi connectivity index (χ3n) is 6.35. The van der Waals surface area contributed by atoms with Crippen LogP contribution in [0.2, 0.25) is 0 Å². The SMILES string of the molecule is COc1cccc(-c2cccc([C@H]3CCCN(C(=O)Cc4c[nH]c5ccccc45)C3)n2)c1. The first-order chi connectivity index (χ1) is 15.7. The second-order valence-electron chi connectivity index (χ2n) is 8.39.